The molecular weight excluding hydrogens is 312 g/mol. The molecule has 1 aliphatic rings. The van der Waals surface area contributed by atoms with Gasteiger partial charge in [-0.3, -0.25) is 0 Å². The lowest BCUT2D eigenvalue weighted by molar-refractivity contribution is 0.120. The summed E-state index contributed by atoms with van der Waals surface area (Å²) in [7, 11) is 0. The van der Waals surface area contributed by atoms with Gasteiger partial charge in [0, 0.05) is 16.4 Å². The predicted octanol–water partition coefficient (Wildman–Crippen LogP) is 4.11. The number of fused-ring (bicyclic) bond motifs is 1. The monoisotopic (exact) mass is 324 g/mol. The van der Waals surface area contributed by atoms with Crippen LogP contribution in [0.25, 0.3) is 0 Å². The van der Waals surface area contributed by atoms with Crippen LogP contribution in [-0.4, -0.2) is 11.7 Å². The van der Waals surface area contributed by atoms with Gasteiger partial charge >= 0.3 is 0 Å². The first-order chi connectivity index (χ1) is 8.75. The second-order valence-corrected chi connectivity index (χ2v) is 6.86. The van der Waals surface area contributed by atoms with Crippen LogP contribution in [0.3, 0.4) is 0 Å². The van der Waals surface area contributed by atoms with Crippen molar-refractivity contribution in [2.75, 3.05) is 6.61 Å². The molecule has 4 heteroatoms. The second-order valence-electron chi connectivity index (χ2n) is 4.37. The van der Waals surface area contributed by atoms with Gasteiger partial charge in [0.15, 0.2) is 0 Å². The standard InChI is InChI=1S/C14H13BrO2S/c15-13-6-5-12(18-13)14(16)10-7-8-17-11-4-2-1-3-9(10)11/h1-6,10,14,16H,7-8H2. The van der Waals surface area contributed by atoms with Crippen molar-refractivity contribution < 1.29 is 9.84 Å². The second kappa shape index (κ2) is 5.03. The molecule has 2 heterocycles. The van der Waals surface area contributed by atoms with Crippen LogP contribution in [-0.2, 0) is 0 Å². The summed E-state index contributed by atoms with van der Waals surface area (Å²) in [6.07, 6.45) is 0.402. The number of aliphatic hydroxyl groups is 1. The van der Waals surface area contributed by atoms with E-state index >= 15 is 0 Å². The van der Waals surface area contributed by atoms with E-state index in [9.17, 15) is 5.11 Å². The summed E-state index contributed by atoms with van der Waals surface area (Å²) in [5, 5.41) is 10.5. The third-order valence-corrected chi connectivity index (χ3v) is 4.97. The lowest BCUT2D eigenvalue weighted by Gasteiger charge is -2.29. The number of rotatable bonds is 2. The minimum Gasteiger partial charge on any atom is -0.493 e. The largest absolute Gasteiger partial charge is 0.493 e. The molecule has 0 aliphatic carbocycles. The Bertz CT molecular complexity index is 552. The van der Waals surface area contributed by atoms with Crippen LogP contribution in [0.5, 0.6) is 5.75 Å². The molecule has 18 heavy (non-hydrogen) atoms. The van der Waals surface area contributed by atoms with Crippen LogP contribution in [0, 0.1) is 0 Å². The Kier molecular flexibility index (Phi) is 3.41. The Labute approximate surface area is 118 Å². The molecule has 2 nitrogen and oxygen atoms in total. The molecule has 0 radical (unpaired) electrons. The van der Waals surface area contributed by atoms with Gasteiger partial charge in [-0.2, -0.15) is 0 Å². The number of aliphatic hydroxyl groups excluding tert-OH is 1. The van der Waals surface area contributed by atoms with Crippen molar-refractivity contribution in [3.05, 3.63) is 50.6 Å². The molecule has 3 rings (SSSR count). The zero-order valence-corrected chi connectivity index (χ0v) is 12.1. The molecule has 0 fully saturated rings. The fraction of sp³-hybridized carbons (Fsp3) is 0.286. The van der Waals surface area contributed by atoms with E-state index in [2.05, 4.69) is 15.9 Å². The molecule has 1 N–H and O–H groups in total. The predicted molar refractivity (Wildman–Crippen MR) is 76.3 cm³/mol. The highest BCUT2D eigenvalue weighted by atomic mass is 79.9. The van der Waals surface area contributed by atoms with E-state index in [0.717, 1.165) is 26.4 Å². The number of hydrogen-bond donors (Lipinski definition) is 1. The first kappa shape index (κ1) is 12.2. The number of thiophene rings is 1. The minimum absolute atomic E-state index is 0.125. The number of benzene rings is 1. The molecular formula is C14H13BrO2S. The molecule has 2 aromatic rings. The van der Waals surface area contributed by atoms with Gasteiger partial charge in [-0.05, 0) is 40.5 Å². The molecule has 2 atom stereocenters. The topological polar surface area (TPSA) is 29.5 Å². The molecule has 1 aromatic carbocycles. The molecule has 0 saturated heterocycles. The van der Waals surface area contributed by atoms with E-state index in [1.54, 1.807) is 11.3 Å². The van der Waals surface area contributed by atoms with Crippen LogP contribution in [0.15, 0.2) is 40.2 Å². The lowest BCUT2D eigenvalue weighted by Crippen LogP contribution is -2.19. The maximum atomic E-state index is 10.5. The van der Waals surface area contributed by atoms with Crippen molar-refractivity contribution in [2.45, 2.75) is 18.4 Å². The van der Waals surface area contributed by atoms with Crippen molar-refractivity contribution in [1.29, 1.82) is 0 Å². The molecule has 1 aromatic heterocycles. The van der Waals surface area contributed by atoms with E-state index < -0.39 is 6.10 Å². The van der Waals surface area contributed by atoms with Crippen molar-refractivity contribution in [3.8, 4) is 5.75 Å². The zero-order chi connectivity index (χ0) is 12.5. The highest BCUT2D eigenvalue weighted by molar-refractivity contribution is 9.11. The van der Waals surface area contributed by atoms with Gasteiger partial charge in [0.2, 0.25) is 0 Å². The Balaban J connectivity index is 1.94. The van der Waals surface area contributed by atoms with Crippen LogP contribution in [0.1, 0.15) is 28.9 Å². The fourth-order valence-corrected chi connectivity index (χ4v) is 3.86. The van der Waals surface area contributed by atoms with E-state index in [-0.39, 0.29) is 5.92 Å². The van der Waals surface area contributed by atoms with Gasteiger partial charge in [0.1, 0.15) is 5.75 Å². The fourth-order valence-electron chi connectivity index (χ4n) is 2.38. The maximum Gasteiger partial charge on any atom is 0.122 e. The Morgan fingerprint density at radius 2 is 2.11 bits per heavy atom. The highest BCUT2D eigenvalue weighted by Crippen LogP contribution is 2.43. The molecule has 0 bridgehead atoms. The maximum absolute atomic E-state index is 10.5. The van der Waals surface area contributed by atoms with Gasteiger partial charge in [0.05, 0.1) is 16.5 Å². The third-order valence-electron chi connectivity index (χ3n) is 3.27. The van der Waals surface area contributed by atoms with E-state index in [0.29, 0.717) is 6.61 Å². The average Bonchev–Trinajstić information content (AvgIpc) is 2.84. The normalized spacial score (nSPS) is 20.0. The van der Waals surface area contributed by atoms with E-state index in [1.807, 2.05) is 36.4 Å². The van der Waals surface area contributed by atoms with Crippen molar-refractivity contribution in [1.82, 2.24) is 0 Å². The quantitative estimate of drug-likeness (QED) is 0.900. The van der Waals surface area contributed by atoms with Crippen LogP contribution in [0.4, 0.5) is 0 Å². The summed E-state index contributed by atoms with van der Waals surface area (Å²) in [6.45, 7) is 0.672. The van der Waals surface area contributed by atoms with Gasteiger partial charge in [0.25, 0.3) is 0 Å². The molecule has 0 saturated carbocycles. The first-order valence-electron chi connectivity index (χ1n) is 5.91. The number of para-hydroxylation sites is 1. The van der Waals surface area contributed by atoms with Crippen molar-refractivity contribution in [2.24, 2.45) is 0 Å². The Morgan fingerprint density at radius 1 is 1.28 bits per heavy atom. The number of halogens is 1. The number of ether oxygens (including phenoxy) is 1. The summed E-state index contributed by atoms with van der Waals surface area (Å²) >= 11 is 5.03. The Morgan fingerprint density at radius 3 is 2.89 bits per heavy atom. The number of hydrogen-bond acceptors (Lipinski definition) is 3. The summed E-state index contributed by atoms with van der Waals surface area (Å²) < 4.78 is 6.68. The molecule has 1 aliphatic heterocycles. The van der Waals surface area contributed by atoms with Crippen molar-refractivity contribution >= 4 is 27.3 Å². The van der Waals surface area contributed by atoms with Gasteiger partial charge in [-0.15, -0.1) is 11.3 Å². The van der Waals surface area contributed by atoms with Gasteiger partial charge in [-0.1, -0.05) is 18.2 Å². The molecule has 2 unspecified atom stereocenters. The van der Waals surface area contributed by atoms with Crippen LogP contribution >= 0.6 is 27.3 Å². The summed E-state index contributed by atoms with van der Waals surface area (Å²) in [5.74, 6) is 1.03. The van der Waals surface area contributed by atoms with Gasteiger partial charge < -0.3 is 9.84 Å². The molecule has 0 amide bonds. The van der Waals surface area contributed by atoms with E-state index in [1.165, 1.54) is 0 Å². The SMILES string of the molecule is OC(c1ccc(Br)s1)C1CCOc2ccccc21. The van der Waals surface area contributed by atoms with E-state index in [4.69, 9.17) is 4.74 Å². The summed E-state index contributed by atoms with van der Waals surface area (Å²) in [6, 6.07) is 11.9. The first-order valence-corrected chi connectivity index (χ1v) is 7.51. The van der Waals surface area contributed by atoms with Crippen molar-refractivity contribution in [3.63, 3.8) is 0 Å². The third kappa shape index (κ3) is 2.20. The summed E-state index contributed by atoms with van der Waals surface area (Å²) in [4.78, 5) is 1.00. The van der Waals surface area contributed by atoms with Gasteiger partial charge in [-0.25, -0.2) is 0 Å². The molecule has 0 spiro atoms. The smallest absolute Gasteiger partial charge is 0.122 e. The Hall–Kier alpha value is -0.840. The summed E-state index contributed by atoms with van der Waals surface area (Å²) in [5.41, 5.74) is 1.11. The van der Waals surface area contributed by atoms with Crippen LogP contribution in [0.2, 0.25) is 0 Å². The average molecular weight is 325 g/mol. The molecule has 94 valence electrons. The lowest BCUT2D eigenvalue weighted by atomic mass is 9.87. The minimum atomic E-state index is -0.452. The van der Waals surface area contributed by atoms with Crippen LogP contribution < -0.4 is 4.74 Å². The highest BCUT2D eigenvalue weighted by Gasteiger charge is 2.29. The zero-order valence-electron chi connectivity index (χ0n) is 9.67.